The van der Waals surface area contributed by atoms with Gasteiger partial charge in [0, 0.05) is 40.9 Å². The molecular weight excluding hydrogens is 324 g/mol. The standard InChI is InChI=1S/C22H32N2O2/c1-22(2)13-16-11-21(26-3)17(14-23)10-18(16)19(24-22)12-20(25)15-8-6-4-5-7-9-15/h10-12,15,24H,4-9,13-14,23H2,1-3H3/b19-12-. The Morgan fingerprint density at radius 3 is 2.58 bits per heavy atom. The number of hydrogen-bond donors (Lipinski definition) is 2. The molecule has 3 N–H and O–H groups in total. The van der Waals surface area contributed by atoms with Gasteiger partial charge in [0.2, 0.25) is 0 Å². The average Bonchev–Trinajstić information content (AvgIpc) is 2.89. The third kappa shape index (κ3) is 4.12. The van der Waals surface area contributed by atoms with Gasteiger partial charge in [0.15, 0.2) is 5.78 Å². The SMILES string of the molecule is COc1cc2c(cc1CN)/C(=C/C(=O)C1CCCCCC1)NC(C)(C)C2. The van der Waals surface area contributed by atoms with E-state index in [1.807, 2.05) is 6.08 Å². The van der Waals surface area contributed by atoms with E-state index in [-0.39, 0.29) is 17.2 Å². The normalized spacial score (nSPS) is 21.6. The summed E-state index contributed by atoms with van der Waals surface area (Å²) in [6.45, 7) is 4.76. The van der Waals surface area contributed by atoms with Crippen molar-refractivity contribution in [1.82, 2.24) is 5.32 Å². The molecule has 4 heteroatoms. The van der Waals surface area contributed by atoms with Crippen LogP contribution in [-0.4, -0.2) is 18.4 Å². The van der Waals surface area contributed by atoms with E-state index in [1.54, 1.807) is 7.11 Å². The van der Waals surface area contributed by atoms with Crippen LogP contribution in [0, 0.1) is 5.92 Å². The number of carbonyl (C=O) groups excluding carboxylic acids is 1. The first-order valence-electron chi connectivity index (χ1n) is 9.87. The summed E-state index contributed by atoms with van der Waals surface area (Å²) < 4.78 is 5.51. The van der Waals surface area contributed by atoms with Crippen molar-refractivity contribution in [3.8, 4) is 5.75 Å². The Bertz CT molecular complexity index is 698. The van der Waals surface area contributed by atoms with Crippen LogP contribution < -0.4 is 15.8 Å². The number of nitrogens with one attached hydrogen (secondary N) is 1. The second-order valence-electron chi connectivity index (χ2n) is 8.36. The molecule has 0 radical (unpaired) electrons. The Morgan fingerprint density at radius 2 is 1.96 bits per heavy atom. The van der Waals surface area contributed by atoms with E-state index >= 15 is 0 Å². The van der Waals surface area contributed by atoms with Crippen LogP contribution in [-0.2, 0) is 17.8 Å². The van der Waals surface area contributed by atoms with Gasteiger partial charge in [-0.1, -0.05) is 25.7 Å². The Balaban J connectivity index is 1.97. The van der Waals surface area contributed by atoms with Gasteiger partial charge in [-0.05, 0) is 50.8 Å². The van der Waals surface area contributed by atoms with Crippen LogP contribution in [0.3, 0.4) is 0 Å². The predicted octanol–water partition coefficient (Wildman–Crippen LogP) is 3.96. The van der Waals surface area contributed by atoms with Crippen molar-refractivity contribution in [1.29, 1.82) is 0 Å². The van der Waals surface area contributed by atoms with Crippen LogP contribution in [0.2, 0.25) is 0 Å². The van der Waals surface area contributed by atoms with Gasteiger partial charge in [-0.2, -0.15) is 0 Å². The fraction of sp³-hybridized carbons (Fsp3) is 0.591. The van der Waals surface area contributed by atoms with E-state index in [4.69, 9.17) is 10.5 Å². The Labute approximate surface area is 157 Å². The molecule has 4 nitrogen and oxygen atoms in total. The summed E-state index contributed by atoms with van der Waals surface area (Å²) in [7, 11) is 1.68. The monoisotopic (exact) mass is 356 g/mol. The maximum absolute atomic E-state index is 13.0. The maximum atomic E-state index is 13.0. The predicted molar refractivity (Wildman–Crippen MR) is 106 cm³/mol. The lowest BCUT2D eigenvalue weighted by Crippen LogP contribution is -2.44. The number of fused-ring (bicyclic) bond motifs is 1. The first kappa shape index (κ1) is 19.0. The number of carbonyl (C=O) groups is 1. The molecule has 0 spiro atoms. The van der Waals surface area contributed by atoms with Crippen molar-refractivity contribution in [3.05, 3.63) is 34.9 Å². The molecule has 1 aromatic carbocycles. The molecule has 0 saturated heterocycles. The lowest BCUT2D eigenvalue weighted by molar-refractivity contribution is -0.118. The third-order valence-electron chi connectivity index (χ3n) is 5.67. The van der Waals surface area contributed by atoms with Crippen molar-refractivity contribution in [2.75, 3.05) is 7.11 Å². The zero-order valence-electron chi connectivity index (χ0n) is 16.4. The second-order valence-corrected chi connectivity index (χ2v) is 8.36. The fourth-order valence-corrected chi connectivity index (χ4v) is 4.30. The highest BCUT2D eigenvalue weighted by atomic mass is 16.5. The summed E-state index contributed by atoms with van der Waals surface area (Å²) in [6, 6.07) is 4.17. The van der Waals surface area contributed by atoms with Crippen molar-refractivity contribution in [3.63, 3.8) is 0 Å². The highest BCUT2D eigenvalue weighted by molar-refractivity contribution is 5.98. The van der Waals surface area contributed by atoms with Crippen LogP contribution in [0.4, 0.5) is 0 Å². The number of ether oxygens (including phenoxy) is 1. The molecule has 1 aromatic rings. The van der Waals surface area contributed by atoms with E-state index in [9.17, 15) is 4.79 Å². The smallest absolute Gasteiger partial charge is 0.160 e. The summed E-state index contributed by atoms with van der Waals surface area (Å²) in [5, 5.41) is 3.58. The molecule has 1 fully saturated rings. The minimum atomic E-state index is -0.0994. The molecular formula is C22H32N2O2. The largest absolute Gasteiger partial charge is 0.496 e. The van der Waals surface area contributed by atoms with Gasteiger partial charge < -0.3 is 15.8 Å². The zero-order chi connectivity index (χ0) is 18.7. The fourth-order valence-electron chi connectivity index (χ4n) is 4.30. The number of rotatable bonds is 4. The highest BCUT2D eigenvalue weighted by Gasteiger charge is 2.30. The first-order valence-corrected chi connectivity index (χ1v) is 9.87. The van der Waals surface area contributed by atoms with Crippen LogP contribution >= 0.6 is 0 Å². The number of nitrogens with two attached hydrogens (primary N) is 1. The highest BCUT2D eigenvalue weighted by Crippen LogP contribution is 2.35. The van der Waals surface area contributed by atoms with Gasteiger partial charge in [0.1, 0.15) is 5.75 Å². The molecule has 2 aliphatic rings. The van der Waals surface area contributed by atoms with Gasteiger partial charge in [0.05, 0.1) is 7.11 Å². The lowest BCUT2D eigenvalue weighted by Gasteiger charge is -2.36. The number of hydrogen-bond acceptors (Lipinski definition) is 4. The van der Waals surface area contributed by atoms with Crippen LogP contribution in [0.15, 0.2) is 18.2 Å². The number of allylic oxidation sites excluding steroid dienone is 1. The van der Waals surface area contributed by atoms with Crippen molar-refractivity contribution < 1.29 is 9.53 Å². The van der Waals surface area contributed by atoms with Crippen LogP contribution in [0.25, 0.3) is 5.70 Å². The summed E-state index contributed by atoms with van der Waals surface area (Å²) in [6.07, 6.45) is 9.64. The topological polar surface area (TPSA) is 64.3 Å². The van der Waals surface area contributed by atoms with E-state index in [1.165, 1.54) is 31.2 Å². The Morgan fingerprint density at radius 1 is 1.27 bits per heavy atom. The molecule has 1 aliphatic carbocycles. The van der Waals surface area contributed by atoms with Crippen molar-refractivity contribution in [2.24, 2.45) is 11.7 Å². The van der Waals surface area contributed by atoms with Crippen molar-refractivity contribution in [2.45, 2.75) is 70.9 Å². The summed E-state index contributed by atoms with van der Waals surface area (Å²) in [5.74, 6) is 1.27. The van der Waals surface area contributed by atoms with E-state index < -0.39 is 0 Å². The molecule has 1 heterocycles. The molecule has 142 valence electrons. The molecule has 26 heavy (non-hydrogen) atoms. The van der Waals surface area contributed by atoms with Gasteiger partial charge in [-0.15, -0.1) is 0 Å². The molecule has 1 aliphatic heterocycles. The lowest BCUT2D eigenvalue weighted by atomic mass is 9.83. The van der Waals surface area contributed by atoms with E-state index in [2.05, 4.69) is 31.3 Å². The Kier molecular flexibility index (Phi) is 5.71. The summed E-state index contributed by atoms with van der Waals surface area (Å²) in [4.78, 5) is 13.0. The molecule has 1 saturated carbocycles. The van der Waals surface area contributed by atoms with E-state index in [0.29, 0.717) is 6.54 Å². The summed E-state index contributed by atoms with van der Waals surface area (Å²) >= 11 is 0. The molecule has 0 atom stereocenters. The van der Waals surface area contributed by atoms with Crippen LogP contribution in [0.1, 0.15) is 69.1 Å². The number of ketones is 1. The zero-order valence-corrected chi connectivity index (χ0v) is 16.4. The van der Waals surface area contributed by atoms with Gasteiger partial charge in [0.25, 0.3) is 0 Å². The quantitative estimate of drug-likeness (QED) is 0.633. The third-order valence-corrected chi connectivity index (χ3v) is 5.67. The van der Waals surface area contributed by atoms with Crippen LogP contribution in [0.5, 0.6) is 5.75 Å². The molecule has 0 bridgehead atoms. The molecule has 0 amide bonds. The van der Waals surface area contributed by atoms with Crippen molar-refractivity contribution >= 4 is 11.5 Å². The minimum Gasteiger partial charge on any atom is -0.496 e. The molecule has 0 unspecified atom stereocenters. The number of benzene rings is 1. The maximum Gasteiger partial charge on any atom is 0.160 e. The number of methoxy groups -OCH3 is 1. The second kappa shape index (κ2) is 7.83. The summed E-state index contributed by atoms with van der Waals surface area (Å²) in [5.41, 5.74) is 10.0. The van der Waals surface area contributed by atoms with E-state index in [0.717, 1.165) is 41.8 Å². The molecule has 0 aromatic heterocycles. The average molecular weight is 357 g/mol. The first-order chi connectivity index (χ1) is 12.4. The van der Waals surface area contributed by atoms with Gasteiger partial charge in [-0.3, -0.25) is 4.79 Å². The van der Waals surface area contributed by atoms with Gasteiger partial charge in [-0.25, -0.2) is 0 Å². The molecule has 3 rings (SSSR count). The minimum absolute atomic E-state index is 0.0994. The Hall–Kier alpha value is -1.81. The van der Waals surface area contributed by atoms with Gasteiger partial charge >= 0.3 is 0 Å².